The average molecular weight is 247 g/mol. The summed E-state index contributed by atoms with van der Waals surface area (Å²) in [4.78, 5) is 11.9. The van der Waals surface area contributed by atoms with Crippen molar-refractivity contribution in [1.29, 1.82) is 0 Å². The molecule has 0 fully saturated rings. The summed E-state index contributed by atoms with van der Waals surface area (Å²) in [5.41, 5.74) is 1.52. The number of hydrogen-bond donors (Lipinski definition) is 1. The largest absolute Gasteiger partial charge is 0.497 e. The zero-order valence-electron chi connectivity index (χ0n) is 9.62. The average Bonchev–Trinajstić information content (AvgIpc) is 2.91. The van der Waals surface area contributed by atoms with Crippen molar-refractivity contribution in [3.8, 4) is 0 Å². The van der Waals surface area contributed by atoms with Gasteiger partial charge in [0, 0.05) is 11.6 Å². The molecule has 0 unspecified atom stereocenters. The Kier molecular flexibility index (Phi) is 2.33. The fourth-order valence-electron chi connectivity index (χ4n) is 2.03. The van der Waals surface area contributed by atoms with E-state index in [1.165, 1.54) is 12.1 Å². The number of fused-ring (bicyclic) bond motifs is 1. The molecule has 1 aromatic carbocycles. The molecule has 0 bridgehead atoms. The van der Waals surface area contributed by atoms with Crippen LogP contribution < -0.4 is 5.32 Å². The Bertz CT molecular complexity index is 604. The van der Waals surface area contributed by atoms with Crippen LogP contribution >= 0.6 is 0 Å². The molecule has 0 aromatic heterocycles. The van der Waals surface area contributed by atoms with Crippen LogP contribution in [0.2, 0.25) is 0 Å². The number of methoxy groups -OCH3 is 1. The predicted octanol–water partition coefficient (Wildman–Crippen LogP) is 2.05. The molecule has 5 heteroatoms. The molecule has 18 heavy (non-hydrogen) atoms. The van der Waals surface area contributed by atoms with E-state index in [2.05, 4.69) is 5.32 Å². The van der Waals surface area contributed by atoms with Gasteiger partial charge in [-0.25, -0.2) is 4.39 Å². The van der Waals surface area contributed by atoms with Gasteiger partial charge in [0.25, 0.3) is 5.91 Å². The Balaban J connectivity index is 2.13. The van der Waals surface area contributed by atoms with Crippen molar-refractivity contribution in [2.45, 2.75) is 0 Å². The maximum Gasteiger partial charge on any atom is 0.260 e. The predicted molar refractivity (Wildman–Crippen MR) is 63.0 cm³/mol. The molecule has 1 aromatic rings. The SMILES string of the molecule is COC1=C/C(=C2/C(=O)Nc3cc(F)ccc32)OC1. The van der Waals surface area contributed by atoms with Crippen molar-refractivity contribution in [3.63, 3.8) is 0 Å². The summed E-state index contributed by atoms with van der Waals surface area (Å²) >= 11 is 0. The Morgan fingerprint density at radius 2 is 2.28 bits per heavy atom. The number of carbonyl (C=O) groups is 1. The minimum Gasteiger partial charge on any atom is -0.497 e. The number of rotatable bonds is 1. The van der Waals surface area contributed by atoms with E-state index in [1.807, 2.05) is 0 Å². The van der Waals surface area contributed by atoms with Crippen molar-refractivity contribution in [1.82, 2.24) is 0 Å². The standard InChI is InChI=1S/C13H10FNO3/c1-17-8-5-11(18-6-8)12-9-3-2-7(14)4-10(9)15-13(12)16/h2-5H,6H2,1H3,(H,15,16)/b12-11-. The molecular weight excluding hydrogens is 237 g/mol. The molecule has 0 saturated heterocycles. The van der Waals surface area contributed by atoms with E-state index in [9.17, 15) is 9.18 Å². The van der Waals surface area contributed by atoms with Crippen LogP contribution in [0.1, 0.15) is 5.56 Å². The molecule has 0 spiro atoms. The third-order valence-electron chi connectivity index (χ3n) is 2.90. The number of nitrogens with one attached hydrogen (secondary N) is 1. The van der Waals surface area contributed by atoms with E-state index < -0.39 is 0 Å². The van der Waals surface area contributed by atoms with Crippen LogP contribution in [-0.2, 0) is 14.3 Å². The van der Waals surface area contributed by atoms with Gasteiger partial charge >= 0.3 is 0 Å². The molecule has 0 radical (unpaired) electrons. The lowest BCUT2D eigenvalue weighted by atomic mass is 10.1. The first-order valence-electron chi connectivity index (χ1n) is 5.42. The van der Waals surface area contributed by atoms with Gasteiger partial charge in [-0.3, -0.25) is 4.79 Å². The van der Waals surface area contributed by atoms with Crippen molar-refractivity contribution in [2.24, 2.45) is 0 Å². The number of amides is 1. The monoisotopic (exact) mass is 247 g/mol. The molecule has 2 heterocycles. The second-order valence-electron chi connectivity index (χ2n) is 3.99. The Hall–Kier alpha value is -2.30. The molecule has 2 aliphatic heterocycles. The van der Waals surface area contributed by atoms with E-state index in [-0.39, 0.29) is 11.7 Å². The Labute approximate surface area is 103 Å². The minimum atomic E-state index is -0.388. The minimum absolute atomic E-state index is 0.292. The fourth-order valence-corrected chi connectivity index (χ4v) is 2.03. The summed E-state index contributed by atoms with van der Waals surface area (Å²) in [6, 6.07) is 4.17. The van der Waals surface area contributed by atoms with Gasteiger partial charge in [0.05, 0.1) is 18.4 Å². The number of anilines is 1. The van der Waals surface area contributed by atoms with Crippen LogP contribution in [0, 0.1) is 5.82 Å². The molecule has 2 aliphatic rings. The molecule has 92 valence electrons. The van der Waals surface area contributed by atoms with E-state index in [1.54, 1.807) is 19.3 Å². The molecule has 0 atom stereocenters. The van der Waals surface area contributed by atoms with Crippen molar-refractivity contribution in [3.05, 3.63) is 47.2 Å². The van der Waals surface area contributed by atoms with Gasteiger partial charge in [-0.15, -0.1) is 0 Å². The van der Waals surface area contributed by atoms with Crippen LogP contribution in [0.15, 0.2) is 35.8 Å². The lowest BCUT2D eigenvalue weighted by Crippen LogP contribution is -2.05. The third-order valence-corrected chi connectivity index (χ3v) is 2.90. The Morgan fingerprint density at radius 3 is 3.00 bits per heavy atom. The maximum absolute atomic E-state index is 13.1. The van der Waals surface area contributed by atoms with Crippen molar-refractivity contribution >= 4 is 17.2 Å². The van der Waals surface area contributed by atoms with E-state index in [0.717, 1.165) is 0 Å². The summed E-state index contributed by atoms with van der Waals surface area (Å²) in [5.74, 6) is 0.426. The normalized spacial score (nSPS) is 21.2. The summed E-state index contributed by atoms with van der Waals surface area (Å²) < 4.78 is 23.5. The number of hydrogen-bond acceptors (Lipinski definition) is 3. The second kappa shape index (κ2) is 3.87. The highest BCUT2D eigenvalue weighted by Gasteiger charge is 2.30. The van der Waals surface area contributed by atoms with Gasteiger partial charge in [0.2, 0.25) is 0 Å². The molecule has 3 rings (SSSR count). The number of benzene rings is 1. The van der Waals surface area contributed by atoms with Gasteiger partial charge < -0.3 is 14.8 Å². The molecule has 0 saturated carbocycles. The van der Waals surface area contributed by atoms with Crippen LogP contribution in [0.5, 0.6) is 0 Å². The first-order chi connectivity index (χ1) is 8.69. The number of carbonyl (C=O) groups excluding carboxylic acids is 1. The highest BCUT2D eigenvalue weighted by molar-refractivity contribution is 6.32. The highest BCUT2D eigenvalue weighted by Crippen LogP contribution is 2.36. The summed E-state index contributed by atoms with van der Waals surface area (Å²) in [6.07, 6.45) is 1.67. The first-order valence-corrected chi connectivity index (χ1v) is 5.42. The topological polar surface area (TPSA) is 47.6 Å². The summed E-state index contributed by atoms with van der Waals surface area (Å²) in [6.45, 7) is 0.305. The van der Waals surface area contributed by atoms with Gasteiger partial charge in [0.15, 0.2) is 0 Å². The molecule has 1 amide bonds. The number of allylic oxidation sites excluding steroid dienone is 1. The Morgan fingerprint density at radius 1 is 1.44 bits per heavy atom. The lowest BCUT2D eigenvalue weighted by Gasteiger charge is -2.02. The second-order valence-corrected chi connectivity index (χ2v) is 3.99. The van der Waals surface area contributed by atoms with Crippen molar-refractivity contribution in [2.75, 3.05) is 19.0 Å². The maximum atomic E-state index is 13.1. The zero-order valence-corrected chi connectivity index (χ0v) is 9.62. The summed E-state index contributed by atoms with van der Waals surface area (Å²) in [7, 11) is 1.54. The zero-order chi connectivity index (χ0) is 12.7. The van der Waals surface area contributed by atoms with Gasteiger partial charge in [-0.1, -0.05) is 0 Å². The van der Waals surface area contributed by atoms with E-state index in [4.69, 9.17) is 9.47 Å². The molecule has 4 nitrogen and oxygen atoms in total. The van der Waals surface area contributed by atoms with Gasteiger partial charge in [0.1, 0.15) is 23.9 Å². The van der Waals surface area contributed by atoms with E-state index >= 15 is 0 Å². The van der Waals surface area contributed by atoms with Gasteiger partial charge in [-0.2, -0.15) is 0 Å². The highest BCUT2D eigenvalue weighted by atomic mass is 19.1. The lowest BCUT2D eigenvalue weighted by molar-refractivity contribution is -0.110. The first kappa shape index (κ1) is 10.8. The van der Waals surface area contributed by atoms with Gasteiger partial charge in [-0.05, 0) is 18.2 Å². The number of halogens is 1. The molecular formula is C13H10FNO3. The van der Waals surface area contributed by atoms with Crippen LogP contribution in [0.25, 0.3) is 5.57 Å². The fraction of sp³-hybridized carbons (Fsp3) is 0.154. The molecule has 1 N–H and O–H groups in total. The van der Waals surface area contributed by atoms with Crippen molar-refractivity contribution < 1.29 is 18.7 Å². The number of ether oxygens (including phenoxy) is 2. The quantitative estimate of drug-likeness (QED) is 0.772. The smallest absolute Gasteiger partial charge is 0.260 e. The summed E-state index contributed by atoms with van der Waals surface area (Å²) in [5, 5.41) is 2.61. The molecule has 0 aliphatic carbocycles. The van der Waals surface area contributed by atoms with Crippen LogP contribution in [0.4, 0.5) is 10.1 Å². The van der Waals surface area contributed by atoms with E-state index in [0.29, 0.717) is 34.9 Å². The third kappa shape index (κ3) is 1.55. The van der Waals surface area contributed by atoms with Crippen LogP contribution in [-0.4, -0.2) is 19.6 Å². The van der Waals surface area contributed by atoms with Crippen LogP contribution in [0.3, 0.4) is 0 Å².